The standard InChI is InChI=1S/C25H19F3N2O6S2/c26-25(27,28)36-21-10-4-6-17(14-21)18-7-5-11-22(15-18)38(33,34)30-23-13-12-20(16-24(23)37(29,31)32)35-19-8-2-1-3-9-19/h1-16,30H,(H2,29,31,32). The lowest BCUT2D eigenvalue weighted by molar-refractivity contribution is -0.274. The van der Waals surface area contributed by atoms with E-state index in [0.717, 1.165) is 18.2 Å². The molecule has 0 bridgehead atoms. The molecule has 38 heavy (non-hydrogen) atoms. The molecule has 0 heterocycles. The number of hydrogen-bond acceptors (Lipinski definition) is 6. The molecule has 198 valence electrons. The maximum Gasteiger partial charge on any atom is 0.573 e. The summed E-state index contributed by atoms with van der Waals surface area (Å²) >= 11 is 0. The van der Waals surface area contributed by atoms with Gasteiger partial charge in [-0.3, -0.25) is 4.72 Å². The second-order valence-electron chi connectivity index (χ2n) is 7.83. The highest BCUT2D eigenvalue weighted by Gasteiger charge is 2.31. The van der Waals surface area contributed by atoms with Crippen LogP contribution in [0.1, 0.15) is 0 Å². The summed E-state index contributed by atoms with van der Waals surface area (Å²) in [6.45, 7) is 0. The van der Waals surface area contributed by atoms with Crippen molar-refractivity contribution >= 4 is 25.7 Å². The number of halogens is 3. The second kappa shape index (κ2) is 10.4. The third kappa shape index (κ3) is 6.82. The number of anilines is 1. The van der Waals surface area contributed by atoms with E-state index in [0.29, 0.717) is 5.75 Å². The number of nitrogens with one attached hydrogen (secondary N) is 1. The number of hydrogen-bond donors (Lipinski definition) is 2. The Morgan fingerprint density at radius 3 is 1.97 bits per heavy atom. The number of para-hydroxylation sites is 1. The first-order valence-corrected chi connectivity index (χ1v) is 13.7. The SMILES string of the molecule is NS(=O)(=O)c1cc(Oc2ccccc2)ccc1NS(=O)(=O)c1cccc(-c2cccc(OC(F)(F)F)c2)c1. The molecule has 0 saturated heterocycles. The first-order valence-electron chi connectivity index (χ1n) is 10.7. The summed E-state index contributed by atoms with van der Waals surface area (Å²) in [5.74, 6) is 0.0471. The van der Waals surface area contributed by atoms with Crippen molar-refractivity contribution in [1.29, 1.82) is 0 Å². The van der Waals surface area contributed by atoms with Gasteiger partial charge in [0.05, 0.1) is 10.6 Å². The average molecular weight is 565 g/mol. The van der Waals surface area contributed by atoms with Gasteiger partial charge in [-0.1, -0.05) is 42.5 Å². The van der Waals surface area contributed by atoms with Crippen LogP contribution in [0.15, 0.2) is 107 Å². The maximum atomic E-state index is 13.1. The van der Waals surface area contributed by atoms with Crippen molar-refractivity contribution in [3.63, 3.8) is 0 Å². The lowest BCUT2D eigenvalue weighted by atomic mass is 10.1. The number of rotatable bonds is 8. The van der Waals surface area contributed by atoms with Crippen molar-refractivity contribution in [2.45, 2.75) is 16.2 Å². The van der Waals surface area contributed by atoms with E-state index in [-0.39, 0.29) is 27.5 Å². The summed E-state index contributed by atoms with van der Waals surface area (Å²) in [5.41, 5.74) is 0.217. The summed E-state index contributed by atoms with van der Waals surface area (Å²) in [6, 6.07) is 22.5. The van der Waals surface area contributed by atoms with Crippen LogP contribution in [0.2, 0.25) is 0 Å². The van der Waals surface area contributed by atoms with Crippen molar-refractivity contribution in [1.82, 2.24) is 0 Å². The van der Waals surface area contributed by atoms with Gasteiger partial charge in [0.2, 0.25) is 10.0 Å². The summed E-state index contributed by atoms with van der Waals surface area (Å²) in [6.07, 6.45) is -4.89. The highest BCUT2D eigenvalue weighted by molar-refractivity contribution is 7.93. The Hall–Kier alpha value is -4.07. The van der Waals surface area contributed by atoms with Gasteiger partial charge in [-0.25, -0.2) is 22.0 Å². The minimum atomic E-state index is -4.89. The van der Waals surface area contributed by atoms with Gasteiger partial charge in [-0.15, -0.1) is 13.2 Å². The minimum Gasteiger partial charge on any atom is -0.457 e. The normalized spacial score (nSPS) is 12.1. The molecule has 0 aliphatic rings. The molecule has 3 N–H and O–H groups in total. The van der Waals surface area contributed by atoms with Crippen LogP contribution in [-0.2, 0) is 20.0 Å². The third-order valence-corrected chi connectivity index (χ3v) is 7.34. The van der Waals surface area contributed by atoms with Gasteiger partial charge in [-0.2, -0.15) is 0 Å². The van der Waals surface area contributed by atoms with Crippen LogP contribution < -0.4 is 19.3 Å². The van der Waals surface area contributed by atoms with Crippen LogP contribution in [0.3, 0.4) is 0 Å². The fraction of sp³-hybridized carbons (Fsp3) is 0.0400. The summed E-state index contributed by atoms with van der Waals surface area (Å²) in [7, 11) is -8.75. The van der Waals surface area contributed by atoms with E-state index in [9.17, 15) is 30.0 Å². The molecular weight excluding hydrogens is 545 g/mol. The van der Waals surface area contributed by atoms with Crippen LogP contribution in [0, 0.1) is 0 Å². The Kier molecular flexibility index (Phi) is 7.35. The predicted molar refractivity (Wildman–Crippen MR) is 134 cm³/mol. The van der Waals surface area contributed by atoms with Gasteiger partial charge in [0.15, 0.2) is 0 Å². The first-order chi connectivity index (χ1) is 17.8. The molecule has 0 unspecified atom stereocenters. The van der Waals surface area contributed by atoms with Crippen LogP contribution in [-0.4, -0.2) is 23.2 Å². The zero-order valence-electron chi connectivity index (χ0n) is 19.2. The zero-order chi connectivity index (χ0) is 27.6. The quantitative estimate of drug-likeness (QED) is 0.292. The van der Waals surface area contributed by atoms with E-state index < -0.39 is 37.1 Å². The van der Waals surface area contributed by atoms with Gasteiger partial charge in [0, 0.05) is 6.07 Å². The predicted octanol–water partition coefficient (Wildman–Crippen LogP) is 5.49. The van der Waals surface area contributed by atoms with Crippen molar-refractivity contribution in [3.8, 4) is 28.4 Å². The molecule has 0 amide bonds. The molecule has 0 saturated carbocycles. The lowest BCUT2D eigenvalue weighted by Crippen LogP contribution is -2.19. The van der Waals surface area contributed by atoms with Gasteiger partial charge in [-0.05, 0) is 59.7 Å². The smallest absolute Gasteiger partial charge is 0.457 e. The summed E-state index contributed by atoms with van der Waals surface area (Å²) < 4.78 is 100. The van der Waals surface area contributed by atoms with E-state index in [1.54, 1.807) is 30.3 Å². The van der Waals surface area contributed by atoms with Crippen LogP contribution in [0.5, 0.6) is 17.2 Å². The zero-order valence-corrected chi connectivity index (χ0v) is 20.8. The first kappa shape index (κ1) is 27.0. The van der Waals surface area contributed by atoms with Crippen LogP contribution >= 0.6 is 0 Å². The lowest BCUT2D eigenvalue weighted by Gasteiger charge is -2.14. The Bertz CT molecular complexity index is 1680. The summed E-state index contributed by atoms with van der Waals surface area (Å²) in [4.78, 5) is -0.801. The molecule has 0 aliphatic heterocycles. The van der Waals surface area contributed by atoms with E-state index >= 15 is 0 Å². The molecule has 4 rings (SSSR count). The largest absolute Gasteiger partial charge is 0.573 e. The molecule has 0 atom stereocenters. The molecular formula is C25H19F3N2O6S2. The summed E-state index contributed by atoms with van der Waals surface area (Å²) in [5, 5.41) is 5.33. The van der Waals surface area contributed by atoms with E-state index in [2.05, 4.69) is 9.46 Å². The van der Waals surface area contributed by atoms with Gasteiger partial charge >= 0.3 is 6.36 Å². The Morgan fingerprint density at radius 1 is 0.684 bits per heavy atom. The molecule has 0 spiro atoms. The van der Waals surface area contributed by atoms with Crippen molar-refractivity contribution < 1.29 is 39.5 Å². The number of benzene rings is 4. The van der Waals surface area contributed by atoms with E-state index in [4.69, 9.17) is 9.88 Å². The third-order valence-electron chi connectivity index (χ3n) is 5.03. The Balaban J connectivity index is 1.65. The van der Waals surface area contributed by atoms with E-state index in [1.165, 1.54) is 48.5 Å². The van der Waals surface area contributed by atoms with Gasteiger partial charge in [0.1, 0.15) is 22.1 Å². The number of sulfonamides is 2. The Labute approximate surface area is 216 Å². The van der Waals surface area contributed by atoms with Gasteiger partial charge < -0.3 is 9.47 Å². The monoisotopic (exact) mass is 564 g/mol. The molecule has 0 aromatic heterocycles. The number of alkyl halides is 3. The highest BCUT2D eigenvalue weighted by Crippen LogP contribution is 2.32. The maximum absolute atomic E-state index is 13.1. The minimum absolute atomic E-state index is 0.103. The molecule has 0 aliphatic carbocycles. The molecule has 0 fully saturated rings. The van der Waals surface area contributed by atoms with Crippen LogP contribution in [0.25, 0.3) is 11.1 Å². The topological polar surface area (TPSA) is 125 Å². The molecule has 0 radical (unpaired) electrons. The van der Waals surface area contributed by atoms with Gasteiger partial charge in [0.25, 0.3) is 10.0 Å². The van der Waals surface area contributed by atoms with Crippen molar-refractivity contribution in [2.24, 2.45) is 5.14 Å². The molecule has 8 nitrogen and oxygen atoms in total. The molecule has 4 aromatic rings. The van der Waals surface area contributed by atoms with E-state index in [1.807, 2.05) is 0 Å². The van der Waals surface area contributed by atoms with Crippen molar-refractivity contribution in [2.75, 3.05) is 4.72 Å². The van der Waals surface area contributed by atoms with Crippen molar-refractivity contribution in [3.05, 3.63) is 97.1 Å². The fourth-order valence-electron chi connectivity index (χ4n) is 3.43. The second-order valence-corrected chi connectivity index (χ2v) is 11.0. The average Bonchev–Trinajstić information content (AvgIpc) is 2.84. The number of primary sulfonamides is 1. The van der Waals surface area contributed by atoms with Crippen LogP contribution in [0.4, 0.5) is 18.9 Å². The molecule has 13 heteroatoms. The highest BCUT2D eigenvalue weighted by atomic mass is 32.2. The number of ether oxygens (including phenoxy) is 2. The number of nitrogens with two attached hydrogens (primary N) is 1. The fourth-order valence-corrected chi connectivity index (χ4v) is 5.33. The molecule has 4 aromatic carbocycles. The Morgan fingerprint density at radius 2 is 1.32 bits per heavy atom.